The maximum atomic E-state index is 12.4. The minimum atomic E-state index is -3.94. The second kappa shape index (κ2) is 6.36. The predicted molar refractivity (Wildman–Crippen MR) is 77.5 cm³/mol. The van der Waals surface area contributed by atoms with E-state index in [1.165, 1.54) is 45.2 Å². The van der Waals surface area contributed by atoms with Gasteiger partial charge in [0.25, 0.3) is 0 Å². The average Bonchev–Trinajstić information content (AvgIpc) is 2.45. The smallest absolute Gasteiger partial charge is 0.326 e. The Morgan fingerprint density at radius 3 is 2.43 bits per heavy atom. The van der Waals surface area contributed by atoms with Crippen molar-refractivity contribution in [3.8, 4) is 0 Å². The van der Waals surface area contributed by atoms with Gasteiger partial charge in [0.05, 0.1) is 12.0 Å². The molecule has 6 nitrogen and oxygen atoms in total. The maximum Gasteiger partial charge on any atom is 0.326 e. The van der Waals surface area contributed by atoms with Gasteiger partial charge in [-0.25, -0.2) is 8.42 Å². The molecule has 1 N–H and O–H groups in total. The Hall–Kier alpha value is -1.73. The van der Waals surface area contributed by atoms with Crippen molar-refractivity contribution in [2.24, 2.45) is 0 Å². The van der Waals surface area contributed by atoms with Crippen LogP contribution in [-0.2, 0) is 19.6 Å². The number of benzene rings is 1. The van der Waals surface area contributed by atoms with Gasteiger partial charge < -0.3 is 4.74 Å². The highest BCUT2D eigenvalue weighted by Gasteiger charge is 2.37. The van der Waals surface area contributed by atoms with Crippen LogP contribution >= 0.6 is 0 Å². The lowest BCUT2D eigenvalue weighted by Gasteiger charge is -2.26. The van der Waals surface area contributed by atoms with Crippen molar-refractivity contribution in [1.29, 1.82) is 0 Å². The standard InChI is InChI=1S/C14H19NO5S/c1-5-14(3,13(17)20-4)15-21(18,19)12-8-6-7-11(9-12)10(2)16/h6-9,15H,5H2,1-4H3/t14-/m0/s1. The highest BCUT2D eigenvalue weighted by Crippen LogP contribution is 2.18. The van der Waals surface area contributed by atoms with Crippen LogP contribution in [0, 0.1) is 0 Å². The molecule has 7 heteroatoms. The lowest BCUT2D eigenvalue weighted by molar-refractivity contribution is -0.147. The number of Topliss-reactive ketones (excluding diaryl/α,β-unsaturated/α-hetero) is 1. The van der Waals surface area contributed by atoms with Crippen LogP contribution in [0.4, 0.5) is 0 Å². The molecule has 0 unspecified atom stereocenters. The molecule has 0 aromatic heterocycles. The van der Waals surface area contributed by atoms with Crippen molar-refractivity contribution < 1.29 is 22.7 Å². The van der Waals surface area contributed by atoms with Crippen molar-refractivity contribution in [2.75, 3.05) is 7.11 Å². The summed E-state index contributed by atoms with van der Waals surface area (Å²) < 4.78 is 31.7. The first kappa shape index (κ1) is 17.3. The molecule has 0 aliphatic heterocycles. The summed E-state index contributed by atoms with van der Waals surface area (Å²) in [5.74, 6) is -0.908. The van der Waals surface area contributed by atoms with Crippen molar-refractivity contribution in [1.82, 2.24) is 4.72 Å². The highest BCUT2D eigenvalue weighted by atomic mass is 32.2. The summed E-state index contributed by atoms with van der Waals surface area (Å²) in [5, 5.41) is 0. The second-order valence-corrected chi connectivity index (χ2v) is 6.55. The first-order valence-electron chi connectivity index (χ1n) is 6.39. The fourth-order valence-corrected chi connectivity index (χ4v) is 3.20. The number of rotatable bonds is 6. The molecule has 21 heavy (non-hydrogen) atoms. The topological polar surface area (TPSA) is 89.5 Å². The van der Waals surface area contributed by atoms with Crippen LogP contribution in [0.3, 0.4) is 0 Å². The normalized spacial score (nSPS) is 14.3. The van der Waals surface area contributed by atoms with E-state index in [0.29, 0.717) is 0 Å². The Labute approximate surface area is 124 Å². The van der Waals surface area contributed by atoms with Crippen molar-refractivity contribution in [2.45, 2.75) is 37.6 Å². The molecule has 0 saturated carbocycles. The van der Waals surface area contributed by atoms with Gasteiger partial charge in [-0.3, -0.25) is 9.59 Å². The first-order chi connectivity index (χ1) is 9.66. The number of hydrogen-bond acceptors (Lipinski definition) is 5. The number of hydrogen-bond donors (Lipinski definition) is 1. The van der Waals surface area contributed by atoms with Gasteiger partial charge in [0.15, 0.2) is 5.78 Å². The van der Waals surface area contributed by atoms with Crippen LogP contribution in [-0.4, -0.2) is 32.8 Å². The highest BCUT2D eigenvalue weighted by molar-refractivity contribution is 7.89. The van der Waals surface area contributed by atoms with E-state index in [2.05, 4.69) is 9.46 Å². The lowest BCUT2D eigenvalue weighted by Crippen LogP contribution is -2.52. The summed E-state index contributed by atoms with van der Waals surface area (Å²) in [4.78, 5) is 23.0. The number of carbonyl (C=O) groups is 2. The minimum Gasteiger partial charge on any atom is -0.468 e. The van der Waals surface area contributed by atoms with Gasteiger partial charge in [0.1, 0.15) is 5.54 Å². The third-order valence-corrected chi connectivity index (χ3v) is 4.85. The van der Waals surface area contributed by atoms with Crippen LogP contribution < -0.4 is 4.72 Å². The fourth-order valence-electron chi connectivity index (χ4n) is 1.72. The van der Waals surface area contributed by atoms with Gasteiger partial charge in [-0.15, -0.1) is 0 Å². The van der Waals surface area contributed by atoms with Gasteiger partial charge in [-0.05, 0) is 32.4 Å². The summed E-state index contributed by atoms with van der Waals surface area (Å²) in [6, 6.07) is 5.65. The van der Waals surface area contributed by atoms with Crippen LogP contribution in [0.15, 0.2) is 29.2 Å². The van der Waals surface area contributed by atoms with E-state index in [1.54, 1.807) is 6.92 Å². The molecule has 0 amide bonds. The van der Waals surface area contributed by atoms with Crippen LogP contribution in [0.1, 0.15) is 37.6 Å². The van der Waals surface area contributed by atoms with E-state index in [1.807, 2.05) is 0 Å². The second-order valence-electron chi connectivity index (χ2n) is 4.87. The molecule has 0 heterocycles. The molecular formula is C14H19NO5S. The van der Waals surface area contributed by atoms with Crippen LogP contribution in [0.5, 0.6) is 0 Å². The molecule has 0 aliphatic rings. The Morgan fingerprint density at radius 2 is 1.95 bits per heavy atom. The molecular weight excluding hydrogens is 294 g/mol. The SMILES string of the molecule is CC[C@](C)(NS(=O)(=O)c1cccc(C(C)=O)c1)C(=O)OC. The molecule has 1 aromatic rings. The van der Waals surface area contributed by atoms with Gasteiger partial charge in [0.2, 0.25) is 10.0 Å². The molecule has 1 rings (SSSR count). The Morgan fingerprint density at radius 1 is 1.33 bits per heavy atom. The van der Waals surface area contributed by atoms with E-state index >= 15 is 0 Å². The number of esters is 1. The third kappa shape index (κ3) is 3.89. The molecule has 0 aliphatic carbocycles. The van der Waals surface area contributed by atoms with E-state index in [9.17, 15) is 18.0 Å². The Balaban J connectivity index is 3.20. The Bertz CT molecular complexity index is 653. The molecule has 0 bridgehead atoms. The molecule has 116 valence electrons. The quantitative estimate of drug-likeness (QED) is 0.635. The Kier molecular flexibility index (Phi) is 5.25. The summed E-state index contributed by atoms with van der Waals surface area (Å²) >= 11 is 0. The molecule has 1 aromatic carbocycles. The van der Waals surface area contributed by atoms with E-state index in [-0.39, 0.29) is 22.7 Å². The molecule has 1 atom stereocenters. The zero-order valence-corrected chi connectivity index (χ0v) is 13.3. The number of ether oxygens (including phenoxy) is 1. The van der Waals surface area contributed by atoms with Gasteiger partial charge >= 0.3 is 5.97 Å². The van der Waals surface area contributed by atoms with Crippen molar-refractivity contribution in [3.63, 3.8) is 0 Å². The zero-order chi connectivity index (χ0) is 16.3. The van der Waals surface area contributed by atoms with Gasteiger partial charge in [0, 0.05) is 5.56 Å². The van der Waals surface area contributed by atoms with Gasteiger partial charge in [-0.1, -0.05) is 19.1 Å². The molecule has 0 spiro atoms. The van der Waals surface area contributed by atoms with E-state index in [4.69, 9.17) is 0 Å². The molecule has 0 saturated heterocycles. The first-order valence-corrected chi connectivity index (χ1v) is 7.88. The predicted octanol–water partition coefficient (Wildman–Crippen LogP) is 1.51. The number of methoxy groups -OCH3 is 1. The van der Waals surface area contributed by atoms with Crippen molar-refractivity contribution in [3.05, 3.63) is 29.8 Å². The number of ketones is 1. The largest absolute Gasteiger partial charge is 0.468 e. The monoisotopic (exact) mass is 313 g/mol. The van der Waals surface area contributed by atoms with Gasteiger partial charge in [-0.2, -0.15) is 4.72 Å². The summed E-state index contributed by atoms with van der Waals surface area (Å²) in [7, 11) is -2.75. The molecule has 0 radical (unpaired) electrons. The number of nitrogens with one attached hydrogen (secondary N) is 1. The van der Waals surface area contributed by atoms with Crippen LogP contribution in [0.2, 0.25) is 0 Å². The van der Waals surface area contributed by atoms with Crippen LogP contribution in [0.25, 0.3) is 0 Å². The number of carbonyl (C=O) groups excluding carboxylic acids is 2. The maximum absolute atomic E-state index is 12.4. The minimum absolute atomic E-state index is 0.0706. The summed E-state index contributed by atoms with van der Waals surface area (Å²) in [5.41, 5.74) is -1.08. The lowest BCUT2D eigenvalue weighted by atomic mass is 10.0. The summed E-state index contributed by atoms with van der Waals surface area (Å²) in [6.45, 7) is 4.47. The number of sulfonamides is 1. The average molecular weight is 313 g/mol. The van der Waals surface area contributed by atoms with Crippen molar-refractivity contribution >= 4 is 21.8 Å². The zero-order valence-electron chi connectivity index (χ0n) is 12.5. The third-order valence-electron chi connectivity index (χ3n) is 3.25. The van der Waals surface area contributed by atoms with E-state index in [0.717, 1.165) is 0 Å². The fraction of sp³-hybridized carbons (Fsp3) is 0.429. The molecule has 0 fully saturated rings. The van der Waals surface area contributed by atoms with E-state index < -0.39 is 21.5 Å². The summed E-state index contributed by atoms with van der Waals surface area (Å²) in [6.07, 6.45) is 0.227.